The number of halogens is 2. The molecule has 0 bridgehead atoms. The van der Waals surface area contributed by atoms with Crippen molar-refractivity contribution in [1.82, 2.24) is 9.97 Å². The number of carbonyl (C=O) groups excluding carboxylic acids is 1. The maximum atomic E-state index is 14.3. The molecule has 0 radical (unpaired) electrons. The summed E-state index contributed by atoms with van der Waals surface area (Å²) in [6.45, 7) is 3.79. The fourth-order valence-electron chi connectivity index (χ4n) is 4.37. The maximum absolute atomic E-state index is 14.3. The lowest BCUT2D eigenvalue weighted by molar-refractivity contribution is 0.102. The first kappa shape index (κ1) is 25.2. The van der Waals surface area contributed by atoms with Crippen LogP contribution in [0.25, 0.3) is 0 Å². The zero-order valence-electron chi connectivity index (χ0n) is 20.4. The Hall–Kier alpha value is -3.47. The van der Waals surface area contributed by atoms with Crippen molar-refractivity contribution in [3.8, 4) is 0 Å². The number of ether oxygens (including phenoxy) is 2. The average Bonchev–Trinajstić information content (AvgIpc) is 3.46. The molecule has 1 aromatic heterocycles. The molecule has 2 aliphatic rings. The van der Waals surface area contributed by atoms with Crippen LogP contribution in [-0.4, -0.2) is 62.1 Å². The van der Waals surface area contributed by atoms with E-state index in [-0.39, 0.29) is 22.5 Å². The lowest BCUT2D eigenvalue weighted by atomic mass is 10.2. The van der Waals surface area contributed by atoms with Crippen molar-refractivity contribution in [2.24, 2.45) is 0 Å². The second-order valence-corrected chi connectivity index (χ2v) is 9.24. The molecule has 9 nitrogen and oxygen atoms in total. The summed E-state index contributed by atoms with van der Waals surface area (Å²) < 4.78 is 25.5. The number of nitrogens with one attached hydrogen (secondary N) is 2. The second-order valence-electron chi connectivity index (χ2n) is 8.83. The van der Waals surface area contributed by atoms with Crippen molar-refractivity contribution in [2.75, 3.05) is 60.4 Å². The smallest absolute Gasteiger partial charge is 0.261 e. The molecule has 11 heteroatoms. The number of hydrogen-bond acceptors (Lipinski definition) is 8. The first-order chi connectivity index (χ1) is 18.0. The van der Waals surface area contributed by atoms with Crippen molar-refractivity contribution in [3.63, 3.8) is 0 Å². The molecular weight excluding hydrogens is 499 g/mol. The molecule has 5 rings (SSSR count). The van der Waals surface area contributed by atoms with Gasteiger partial charge in [0, 0.05) is 44.3 Å². The van der Waals surface area contributed by atoms with E-state index in [1.54, 1.807) is 4.90 Å². The Kier molecular flexibility index (Phi) is 7.68. The monoisotopic (exact) mass is 526 g/mol. The van der Waals surface area contributed by atoms with Crippen molar-refractivity contribution >= 4 is 46.3 Å². The van der Waals surface area contributed by atoms with Crippen LogP contribution in [0.5, 0.6) is 0 Å². The van der Waals surface area contributed by atoms with E-state index in [0.717, 1.165) is 50.5 Å². The maximum Gasteiger partial charge on any atom is 0.261 e. The first-order valence-electron chi connectivity index (χ1n) is 12.2. The van der Waals surface area contributed by atoms with E-state index in [0.29, 0.717) is 18.4 Å². The number of benzene rings is 2. The number of rotatable bonds is 7. The third kappa shape index (κ3) is 5.76. The topological polar surface area (TPSA) is 91.9 Å². The van der Waals surface area contributed by atoms with Crippen LogP contribution in [0.1, 0.15) is 23.2 Å². The molecule has 1 unspecified atom stereocenters. The molecule has 1 amide bonds. The van der Waals surface area contributed by atoms with E-state index < -0.39 is 11.7 Å². The molecule has 2 aliphatic heterocycles. The molecule has 2 fully saturated rings. The van der Waals surface area contributed by atoms with Crippen LogP contribution in [-0.2, 0) is 9.47 Å². The van der Waals surface area contributed by atoms with E-state index in [2.05, 4.69) is 25.5 Å². The minimum absolute atomic E-state index is 0.0950. The van der Waals surface area contributed by atoms with Gasteiger partial charge in [-0.3, -0.25) is 4.79 Å². The van der Waals surface area contributed by atoms with Gasteiger partial charge in [0.25, 0.3) is 5.91 Å². The van der Waals surface area contributed by atoms with E-state index in [1.807, 2.05) is 31.3 Å². The van der Waals surface area contributed by atoms with E-state index in [9.17, 15) is 9.18 Å². The Labute approximate surface area is 219 Å². The van der Waals surface area contributed by atoms with Gasteiger partial charge in [0.05, 0.1) is 23.9 Å². The molecule has 0 saturated carbocycles. The van der Waals surface area contributed by atoms with Gasteiger partial charge in [-0.25, -0.2) is 9.37 Å². The van der Waals surface area contributed by atoms with E-state index in [1.165, 1.54) is 24.4 Å². The number of carbonyl (C=O) groups is 1. The summed E-state index contributed by atoms with van der Waals surface area (Å²) in [5.74, 6) is -0.526. The van der Waals surface area contributed by atoms with Crippen LogP contribution < -0.4 is 20.4 Å². The Morgan fingerprint density at radius 3 is 2.65 bits per heavy atom. The summed E-state index contributed by atoms with van der Waals surface area (Å²) in [6.07, 6.45) is 2.89. The normalized spacial score (nSPS) is 17.5. The van der Waals surface area contributed by atoms with E-state index in [4.69, 9.17) is 21.1 Å². The lowest BCUT2D eigenvalue weighted by Gasteiger charge is -2.29. The molecule has 194 valence electrons. The Bertz CT molecular complexity index is 1230. The largest absolute Gasteiger partial charge is 0.378 e. The second kappa shape index (κ2) is 11.3. The predicted molar refractivity (Wildman–Crippen MR) is 142 cm³/mol. The fourth-order valence-corrected chi connectivity index (χ4v) is 4.58. The molecule has 3 heterocycles. The van der Waals surface area contributed by atoms with Gasteiger partial charge in [-0.2, -0.15) is 4.98 Å². The quantitative estimate of drug-likeness (QED) is 0.459. The van der Waals surface area contributed by atoms with Crippen LogP contribution in [0.2, 0.25) is 5.02 Å². The van der Waals surface area contributed by atoms with Gasteiger partial charge in [-0.1, -0.05) is 17.7 Å². The van der Waals surface area contributed by atoms with Gasteiger partial charge >= 0.3 is 0 Å². The summed E-state index contributed by atoms with van der Waals surface area (Å²) in [5, 5.41) is 5.87. The number of para-hydroxylation sites is 1. The summed E-state index contributed by atoms with van der Waals surface area (Å²) in [7, 11) is 1.81. The average molecular weight is 527 g/mol. The molecule has 2 N–H and O–H groups in total. The summed E-state index contributed by atoms with van der Waals surface area (Å²) >= 11 is 6.11. The van der Waals surface area contributed by atoms with Crippen molar-refractivity contribution in [2.45, 2.75) is 19.1 Å². The van der Waals surface area contributed by atoms with Crippen LogP contribution in [0.3, 0.4) is 0 Å². The predicted octanol–water partition coefficient (Wildman–Crippen LogP) is 4.67. The molecule has 37 heavy (non-hydrogen) atoms. The lowest BCUT2D eigenvalue weighted by Crippen LogP contribution is -2.36. The molecule has 0 spiro atoms. The standard InChI is InChI=1S/C26H28ClFN6O3/c1-33(22-6-3-13-37-22)24-19(25(35)31-23-20(27)4-2-5-21(23)28)16-29-26(32-24)30-17-7-9-18(10-8-17)34-11-14-36-15-12-34/h2,4-5,7-10,16,22H,3,6,11-15H2,1H3,(H,31,35)(H,29,30,32). The molecule has 3 aromatic rings. The highest BCUT2D eigenvalue weighted by atomic mass is 35.5. The number of aromatic nitrogens is 2. The van der Waals surface area contributed by atoms with Crippen LogP contribution >= 0.6 is 11.6 Å². The van der Waals surface area contributed by atoms with Crippen LogP contribution in [0.15, 0.2) is 48.7 Å². The van der Waals surface area contributed by atoms with Crippen molar-refractivity contribution < 1.29 is 18.7 Å². The minimum atomic E-state index is -0.630. The molecule has 2 aromatic carbocycles. The number of morpholine rings is 1. The van der Waals surface area contributed by atoms with Crippen molar-refractivity contribution in [3.05, 3.63) is 65.1 Å². The number of amides is 1. The van der Waals surface area contributed by atoms with E-state index >= 15 is 0 Å². The highest BCUT2D eigenvalue weighted by molar-refractivity contribution is 6.34. The summed E-state index contributed by atoms with van der Waals surface area (Å²) in [6, 6.07) is 12.2. The Morgan fingerprint density at radius 1 is 1.16 bits per heavy atom. The number of anilines is 5. The van der Waals surface area contributed by atoms with Crippen molar-refractivity contribution in [1.29, 1.82) is 0 Å². The van der Waals surface area contributed by atoms with Crippen LogP contribution in [0.4, 0.5) is 33.2 Å². The summed E-state index contributed by atoms with van der Waals surface area (Å²) in [4.78, 5) is 26.3. The zero-order valence-corrected chi connectivity index (χ0v) is 21.2. The van der Waals surface area contributed by atoms with Crippen LogP contribution in [0, 0.1) is 5.82 Å². The molecule has 1 atom stereocenters. The summed E-state index contributed by atoms with van der Waals surface area (Å²) in [5.41, 5.74) is 2.00. The highest BCUT2D eigenvalue weighted by Gasteiger charge is 2.27. The SMILES string of the molecule is CN(c1nc(Nc2ccc(N3CCOCC3)cc2)ncc1C(=O)Nc1c(F)cccc1Cl)C1CCCO1. The molecular formula is C26H28ClFN6O3. The number of hydrogen-bond donors (Lipinski definition) is 2. The Morgan fingerprint density at radius 2 is 1.95 bits per heavy atom. The Balaban J connectivity index is 1.39. The first-order valence-corrected chi connectivity index (χ1v) is 12.5. The van der Waals surface area contributed by atoms with Gasteiger partial charge in [-0.15, -0.1) is 0 Å². The molecule has 2 saturated heterocycles. The zero-order chi connectivity index (χ0) is 25.8. The number of nitrogens with zero attached hydrogens (tertiary/aromatic N) is 4. The van der Waals surface area contributed by atoms with Gasteiger partial charge < -0.3 is 29.9 Å². The highest BCUT2D eigenvalue weighted by Crippen LogP contribution is 2.29. The third-order valence-corrected chi connectivity index (χ3v) is 6.70. The third-order valence-electron chi connectivity index (χ3n) is 6.39. The van der Waals surface area contributed by atoms with Gasteiger partial charge in [0.2, 0.25) is 5.95 Å². The molecule has 0 aliphatic carbocycles. The van der Waals surface area contributed by atoms with Gasteiger partial charge in [0.15, 0.2) is 0 Å². The van der Waals surface area contributed by atoms with Gasteiger partial charge in [-0.05, 0) is 49.2 Å². The van der Waals surface area contributed by atoms with Gasteiger partial charge in [0.1, 0.15) is 23.4 Å². The fraction of sp³-hybridized carbons (Fsp3) is 0.346. The minimum Gasteiger partial charge on any atom is -0.378 e.